The molecule has 0 rings (SSSR count). The molecular formula is C3H8Cu2O. The van der Waals surface area contributed by atoms with Crippen molar-refractivity contribution in [2.24, 2.45) is 0 Å². The number of aliphatic hydroxyl groups is 1. The minimum absolute atomic E-state index is 0. The molecule has 0 aromatic carbocycles. The van der Waals surface area contributed by atoms with Crippen molar-refractivity contribution >= 4 is 0 Å². The molecule has 1 nitrogen and oxygen atoms in total. The van der Waals surface area contributed by atoms with Crippen molar-refractivity contribution in [3.05, 3.63) is 0 Å². The first kappa shape index (κ1) is 15.8. The Hall–Kier alpha value is 0.999. The molecule has 48 valence electrons. The molecule has 0 unspecified atom stereocenters. The zero-order valence-corrected chi connectivity index (χ0v) is 5.35. The zero-order chi connectivity index (χ0) is 3.41. The summed E-state index contributed by atoms with van der Waals surface area (Å²) in [4.78, 5) is 0. The van der Waals surface area contributed by atoms with Gasteiger partial charge in [0.05, 0.1) is 0 Å². The molecule has 0 fully saturated rings. The topological polar surface area (TPSA) is 20.2 Å². The number of aliphatic hydroxyl groups excluding tert-OH is 1. The fourth-order valence-electron chi connectivity index (χ4n) is 0. The Kier molecular flexibility index (Phi) is 43.8. The maximum atomic E-state index is 7.88. The van der Waals surface area contributed by atoms with Gasteiger partial charge in [-0.05, 0) is 6.42 Å². The molecule has 2 radical (unpaired) electrons. The Morgan fingerprint density at radius 2 is 1.50 bits per heavy atom. The molecule has 6 heavy (non-hydrogen) atoms. The van der Waals surface area contributed by atoms with E-state index in [0.29, 0.717) is 6.61 Å². The standard InChI is InChI=1S/C3H8O.2Cu/c1-2-3-4;;/h4H,2-3H2,1H3;;. The summed E-state index contributed by atoms with van der Waals surface area (Å²) in [6, 6.07) is 0. The predicted octanol–water partition coefficient (Wildman–Crippen LogP) is 0.384. The smallest absolute Gasteiger partial charge is 0.0428 e. The maximum absolute atomic E-state index is 7.88. The van der Waals surface area contributed by atoms with Crippen LogP contribution in [0.5, 0.6) is 0 Å². The molecule has 1 N–H and O–H groups in total. The summed E-state index contributed by atoms with van der Waals surface area (Å²) < 4.78 is 0. The molecule has 0 saturated heterocycles. The minimum Gasteiger partial charge on any atom is -0.396 e. The van der Waals surface area contributed by atoms with Gasteiger partial charge in [-0.3, -0.25) is 0 Å². The van der Waals surface area contributed by atoms with Crippen LogP contribution < -0.4 is 0 Å². The van der Waals surface area contributed by atoms with Crippen molar-refractivity contribution in [3.8, 4) is 0 Å². The van der Waals surface area contributed by atoms with Gasteiger partial charge in [0, 0.05) is 40.7 Å². The predicted molar refractivity (Wildman–Crippen MR) is 17.4 cm³/mol. The van der Waals surface area contributed by atoms with Crippen molar-refractivity contribution in [1.29, 1.82) is 0 Å². The molecule has 0 bridgehead atoms. The van der Waals surface area contributed by atoms with E-state index in [2.05, 4.69) is 0 Å². The van der Waals surface area contributed by atoms with Crippen LogP contribution in [0, 0.1) is 0 Å². The van der Waals surface area contributed by atoms with E-state index >= 15 is 0 Å². The first-order valence-electron chi connectivity index (χ1n) is 1.52. The van der Waals surface area contributed by atoms with E-state index in [-0.39, 0.29) is 34.1 Å². The van der Waals surface area contributed by atoms with Gasteiger partial charge in [-0.2, -0.15) is 0 Å². The average molecular weight is 187 g/mol. The average Bonchev–Trinajstić information content (AvgIpc) is 1.37. The number of hydrogen-bond acceptors (Lipinski definition) is 1. The molecule has 0 amide bonds. The normalized spacial score (nSPS) is 5.00. The van der Waals surface area contributed by atoms with E-state index in [1.807, 2.05) is 6.92 Å². The molecule has 0 aliphatic rings. The van der Waals surface area contributed by atoms with Gasteiger partial charge in [0.25, 0.3) is 0 Å². The molecule has 0 heterocycles. The zero-order valence-electron chi connectivity index (χ0n) is 3.46. The van der Waals surface area contributed by atoms with Crippen LogP contribution in [0.4, 0.5) is 0 Å². The molecule has 0 spiro atoms. The summed E-state index contributed by atoms with van der Waals surface area (Å²) in [7, 11) is 0. The van der Waals surface area contributed by atoms with Crippen molar-refractivity contribution in [2.45, 2.75) is 13.3 Å². The summed E-state index contributed by atoms with van der Waals surface area (Å²) in [5.41, 5.74) is 0. The van der Waals surface area contributed by atoms with Crippen LogP contribution in [-0.4, -0.2) is 11.7 Å². The fourth-order valence-corrected chi connectivity index (χ4v) is 0. The maximum Gasteiger partial charge on any atom is 0.0428 e. The van der Waals surface area contributed by atoms with Crippen LogP contribution in [-0.2, 0) is 34.1 Å². The van der Waals surface area contributed by atoms with Crippen molar-refractivity contribution in [1.82, 2.24) is 0 Å². The van der Waals surface area contributed by atoms with Crippen LogP contribution in [0.1, 0.15) is 13.3 Å². The SMILES string of the molecule is CCCO.[Cu].[Cu]. The van der Waals surface area contributed by atoms with E-state index in [4.69, 9.17) is 5.11 Å². The summed E-state index contributed by atoms with van der Waals surface area (Å²) in [5, 5.41) is 7.88. The van der Waals surface area contributed by atoms with E-state index in [1.54, 1.807) is 0 Å². The van der Waals surface area contributed by atoms with E-state index in [9.17, 15) is 0 Å². The van der Waals surface area contributed by atoms with Gasteiger partial charge in [0.15, 0.2) is 0 Å². The van der Waals surface area contributed by atoms with Crippen LogP contribution in [0.2, 0.25) is 0 Å². The van der Waals surface area contributed by atoms with Crippen LogP contribution in [0.15, 0.2) is 0 Å². The van der Waals surface area contributed by atoms with Gasteiger partial charge < -0.3 is 5.11 Å². The molecule has 0 atom stereocenters. The van der Waals surface area contributed by atoms with E-state index in [0.717, 1.165) is 6.42 Å². The molecule has 3 heteroatoms. The Morgan fingerprint density at radius 3 is 1.50 bits per heavy atom. The third-order valence-electron chi connectivity index (χ3n) is 0.224. The van der Waals surface area contributed by atoms with Crippen LogP contribution in [0.25, 0.3) is 0 Å². The second kappa shape index (κ2) is 16.7. The monoisotopic (exact) mass is 186 g/mol. The summed E-state index contributed by atoms with van der Waals surface area (Å²) in [6.07, 6.45) is 0.875. The Morgan fingerprint density at radius 1 is 1.33 bits per heavy atom. The van der Waals surface area contributed by atoms with Gasteiger partial charge in [-0.15, -0.1) is 0 Å². The summed E-state index contributed by atoms with van der Waals surface area (Å²) >= 11 is 0. The van der Waals surface area contributed by atoms with Crippen molar-refractivity contribution in [2.75, 3.05) is 6.61 Å². The van der Waals surface area contributed by atoms with Crippen LogP contribution >= 0.6 is 0 Å². The van der Waals surface area contributed by atoms with E-state index < -0.39 is 0 Å². The van der Waals surface area contributed by atoms with Crippen molar-refractivity contribution < 1.29 is 39.2 Å². The van der Waals surface area contributed by atoms with Gasteiger partial charge in [-0.25, -0.2) is 0 Å². The quantitative estimate of drug-likeness (QED) is 0.588. The fraction of sp³-hybridized carbons (Fsp3) is 1.00. The van der Waals surface area contributed by atoms with Gasteiger partial charge in [0.1, 0.15) is 0 Å². The van der Waals surface area contributed by atoms with Crippen molar-refractivity contribution in [3.63, 3.8) is 0 Å². The molecule has 0 saturated carbocycles. The second-order valence-electron chi connectivity index (χ2n) is 0.724. The first-order valence-corrected chi connectivity index (χ1v) is 1.52. The number of hydrogen-bond donors (Lipinski definition) is 1. The molecule has 0 aromatic rings. The third-order valence-corrected chi connectivity index (χ3v) is 0.224. The Balaban J connectivity index is -0.0000000450. The molecular weight excluding hydrogens is 179 g/mol. The second-order valence-corrected chi connectivity index (χ2v) is 0.724. The molecule has 0 aliphatic heterocycles. The number of rotatable bonds is 1. The Bertz CT molecular complexity index is 10.8. The van der Waals surface area contributed by atoms with Gasteiger partial charge in [0.2, 0.25) is 0 Å². The summed E-state index contributed by atoms with van der Waals surface area (Å²) in [6.45, 7) is 2.25. The minimum atomic E-state index is 0. The van der Waals surface area contributed by atoms with Gasteiger partial charge >= 0.3 is 0 Å². The first-order chi connectivity index (χ1) is 1.91. The summed E-state index contributed by atoms with van der Waals surface area (Å²) in [5.74, 6) is 0. The Labute approximate surface area is 59.5 Å². The largest absolute Gasteiger partial charge is 0.396 e. The third kappa shape index (κ3) is 20.0. The molecule has 0 aromatic heterocycles. The van der Waals surface area contributed by atoms with Gasteiger partial charge in [-0.1, -0.05) is 6.92 Å². The van der Waals surface area contributed by atoms with E-state index in [1.165, 1.54) is 0 Å². The van der Waals surface area contributed by atoms with Crippen LogP contribution in [0.3, 0.4) is 0 Å². The molecule has 0 aliphatic carbocycles.